The lowest BCUT2D eigenvalue weighted by atomic mass is 10.4. The Morgan fingerprint density at radius 3 is 2.82 bits per heavy atom. The van der Waals surface area contributed by atoms with Crippen molar-refractivity contribution < 1.29 is 4.74 Å². The highest BCUT2D eigenvalue weighted by Gasteiger charge is 2.03. The summed E-state index contributed by atoms with van der Waals surface area (Å²) < 4.78 is 7.67. The van der Waals surface area contributed by atoms with E-state index in [9.17, 15) is 0 Å². The SMILES string of the molecule is CCCCOCCNc1nc(C)cn1CCC. The quantitative estimate of drug-likeness (QED) is 0.673. The molecule has 0 radical (unpaired) electrons. The fraction of sp³-hybridized carbons (Fsp3) is 0.769. The van der Waals surface area contributed by atoms with Gasteiger partial charge in [-0.25, -0.2) is 4.98 Å². The van der Waals surface area contributed by atoms with Gasteiger partial charge in [0.05, 0.1) is 12.3 Å². The Balaban J connectivity index is 2.25. The molecule has 0 unspecified atom stereocenters. The van der Waals surface area contributed by atoms with E-state index in [1.54, 1.807) is 0 Å². The molecule has 0 aliphatic heterocycles. The zero-order valence-corrected chi connectivity index (χ0v) is 11.3. The van der Waals surface area contributed by atoms with Crippen molar-refractivity contribution in [3.63, 3.8) is 0 Å². The van der Waals surface area contributed by atoms with Crippen LogP contribution in [-0.2, 0) is 11.3 Å². The smallest absolute Gasteiger partial charge is 0.203 e. The Morgan fingerprint density at radius 2 is 2.12 bits per heavy atom. The molecule has 1 aromatic rings. The molecular weight excluding hydrogens is 214 g/mol. The molecule has 1 aromatic heterocycles. The van der Waals surface area contributed by atoms with Crippen LogP contribution in [0, 0.1) is 6.92 Å². The lowest BCUT2D eigenvalue weighted by Gasteiger charge is -2.08. The van der Waals surface area contributed by atoms with Gasteiger partial charge in [-0.15, -0.1) is 0 Å². The summed E-state index contributed by atoms with van der Waals surface area (Å²) in [6.45, 7) is 9.82. The van der Waals surface area contributed by atoms with E-state index in [0.29, 0.717) is 0 Å². The van der Waals surface area contributed by atoms with Crippen molar-refractivity contribution in [1.29, 1.82) is 0 Å². The van der Waals surface area contributed by atoms with Crippen molar-refractivity contribution in [3.8, 4) is 0 Å². The molecule has 0 atom stereocenters. The second-order valence-corrected chi connectivity index (χ2v) is 4.29. The van der Waals surface area contributed by atoms with Gasteiger partial charge in [0.25, 0.3) is 0 Å². The minimum absolute atomic E-state index is 0.748. The molecule has 0 aliphatic carbocycles. The van der Waals surface area contributed by atoms with Crippen molar-refractivity contribution in [3.05, 3.63) is 11.9 Å². The van der Waals surface area contributed by atoms with Crippen LogP contribution in [0.25, 0.3) is 0 Å². The number of nitrogens with zero attached hydrogens (tertiary/aromatic N) is 2. The number of nitrogens with one attached hydrogen (secondary N) is 1. The fourth-order valence-corrected chi connectivity index (χ4v) is 1.68. The number of rotatable bonds is 9. The maximum atomic E-state index is 5.50. The Hall–Kier alpha value is -1.03. The van der Waals surface area contributed by atoms with Crippen LogP contribution in [0.2, 0.25) is 0 Å². The summed E-state index contributed by atoms with van der Waals surface area (Å²) in [5.74, 6) is 0.962. The predicted octanol–water partition coefficient (Wildman–Crippen LogP) is 2.83. The number of hydrogen-bond donors (Lipinski definition) is 1. The van der Waals surface area contributed by atoms with Crippen molar-refractivity contribution >= 4 is 5.95 Å². The van der Waals surface area contributed by atoms with Gasteiger partial charge >= 0.3 is 0 Å². The minimum atomic E-state index is 0.748. The van der Waals surface area contributed by atoms with Crippen molar-refractivity contribution in [1.82, 2.24) is 9.55 Å². The molecule has 0 amide bonds. The van der Waals surface area contributed by atoms with E-state index in [0.717, 1.165) is 50.8 Å². The first kappa shape index (κ1) is 14.0. The molecule has 0 saturated heterocycles. The van der Waals surface area contributed by atoms with Crippen LogP contribution in [0.15, 0.2) is 6.20 Å². The average molecular weight is 239 g/mol. The normalized spacial score (nSPS) is 10.8. The zero-order valence-electron chi connectivity index (χ0n) is 11.3. The number of hydrogen-bond acceptors (Lipinski definition) is 3. The molecule has 0 saturated carbocycles. The number of ether oxygens (including phenoxy) is 1. The molecule has 4 nitrogen and oxygen atoms in total. The molecule has 0 aromatic carbocycles. The zero-order chi connectivity index (χ0) is 12.5. The number of aromatic nitrogens is 2. The van der Waals surface area contributed by atoms with E-state index in [1.165, 1.54) is 6.42 Å². The van der Waals surface area contributed by atoms with Crippen LogP contribution < -0.4 is 5.32 Å². The molecule has 1 heterocycles. The first-order valence-corrected chi connectivity index (χ1v) is 6.63. The Bertz CT molecular complexity index is 310. The van der Waals surface area contributed by atoms with Gasteiger partial charge in [-0.3, -0.25) is 0 Å². The Labute approximate surface area is 104 Å². The topological polar surface area (TPSA) is 39.1 Å². The molecule has 0 spiro atoms. The monoisotopic (exact) mass is 239 g/mol. The third-order valence-corrected chi connectivity index (χ3v) is 2.53. The highest BCUT2D eigenvalue weighted by molar-refractivity contribution is 5.28. The summed E-state index contributed by atoms with van der Waals surface area (Å²) in [4.78, 5) is 4.46. The summed E-state index contributed by atoms with van der Waals surface area (Å²) in [7, 11) is 0. The summed E-state index contributed by atoms with van der Waals surface area (Å²) in [6, 6.07) is 0. The molecule has 4 heteroatoms. The van der Waals surface area contributed by atoms with Gasteiger partial charge in [0, 0.05) is 25.9 Å². The van der Waals surface area contributed by atoms with E-state index in [2.05, 4.69) is 34.9 Å². The predicted molar refractivity (Wildman–Crippen MR) is 71.5 cm³/mol. The molecule has 1 rings (SSSR count). The summed E-state index contributed by atoms with van der Waals surface area (Å²) in [5.41, 5.74) is 1.06. The second kappa shape index (κ2) is 8.12. The van der Waals surface area contributed by atoms with Gasteiger partial charge < -0.3 is 14.6 Å². The van der Waals surface area contributed by atoms with E-state index >= 15 is 0 Å². The standard InChI is InChI=1S/C13H25N3O/c1-4-6-9-17-10-7-14-13-15-12(3)11-16(13)8-5-2/h11H,4-10H2,1-3H3,(H,14,15). The van der Waals surface area contributed by atoms with Crippen LogP contribution in [0.3, 0.4) is 0 Å². The lowest BCUT2D eigenvalue weighted by molar-refractivity contribution is 0.141. The maximum absolute atomic E-state index is 5.50. The van der Waals surface area contributed by atoms with Crippen LogP contribution >= 0.6 is 0 Å². The number of aryl methyl sites for hydroxylation is 2. The van der Waals surface area contributed by atoms with Crippen LogP contribution in [0.4, 0.5) is 5.95 Å². The largest absolute Gasteiger partial charge is 0.380 e. The Kier molecular flexibility index (Phi) is 6.70. The van der Waals surface area contributed by atoms with Gasteiger partial charge in [-0.05, 0) is 19.8 Å². The van der Waals surface area contributed by atoms with E-state index in [-0.39, 0.29) is 0 Å². The number of imidazole rings is 1. The molecule has 0 bridgehead atoms. The molecule has 1 N–H and O–H groups in total. The average Bonchev–Trinajstić information content (AvgIpc) is 2.65. The molecule has 17 heavy (non-hydrogen) atoms. The fourth-order valence-electron chi connectivity index (χ4n) is 1.68. The third-order valence-electron chi connectivity index (χ3n) is 2.53. The van der Waals surface area contributed by atoms with Crippen molar-refractivity contribution in [2.75, 3.05) is 25.1 Å². The Morgan fingerprint density at radius 1 is 1.29 bits per heavy atom. The van der Waals surface area contributed by atoms with E-state index < -0.39 is 0 Å². The van der Waals surface area contributed by atoms with E-state index in [1.807, 2.05) is 6.92 Å². The molecule has 0 fully saturated rings. The van der Waals surface area contributed by atoms with Gasteiger partial charge in [0.1, 0.15) is 0 Å². The van der Waals surface area contributed by atoms with Crippen molar-refractivity contribution in [2.45, 2.75) is 46.6 Å². The van der Waals surface area contributed by atoms with Gasteiger partial charge in [0.15, 0.2) is 0 Å². The summed E-state index contributed by atoms with van der Waals surface area (Å²) >= 11 is 0. The number of anilines is 1. The van der Waals surface area contributed by atoms with Crippen LogP contribution in [-0.4, -0.2) is 29.3 Å². The third kappa shape index (κ3) is 5.22. The summed E-state index contributed by atoms with van der Waals surface area (Å²) in [6.07, 6.45) is 5.54. The van der Waals surface area contributed by atoms with Gasteiger partial charge in [-0.1, -0.05) is 20.3 Å². The van der Waals surface area contributed by atoms with E-state index in [4.69, 9.17) is 4.74 Å². The molecule has 0 aliphatic rings. The number of unbranched alkanes of at least 4 members (excludes halogenated alkanes) is 1. The minimum Gasteiger partial charge on any atom is -0.380 e. The van der Waals surface area contributed by atoms with Crippen LogP contribution in [0.5, 0.6) is 0 Å². The van der Waals surface area contributed by atoms with Crippen LogP contribution in [0.1, 0.15) is 38.8 Å². The maximum Gasteiger partial charge on any atom is 0.203 e. The van der Waals surface area contributed by atoms with Crippen molar-refractivity contribution in [2.24, 2.45) is 0 Å². The van der Waals surface area contributed by atoms with Gasteiger partial charge in [0.2, 0.25) is 5.95 Å². The first-order chi connectivity index (χ1) is 8.27. The first-order valence-electron chi connectivity index (χ1n) is 6.63. The molecule has 98 valence electrons. The second-order valence-electron chi connectivity index (χ2n) is 4.29. The lowest BCUT2D eigenvalue weighted by Crippen LogP contribution is -2.13. The molecular formula is C13H25N3O. The van der Waals surface area contributed by atoms with Gasteiger partial charge in [-0.2, -0.15) is 0 Å². The summed E-state index contributed by atoms with van der Waals surface area (Å²) in [5, 5.41) is 3.32. The highest BCUT2D eigenvalue weighted by atomic mass is 16.5. The highest BCUT2D eigenvalue weighted by Crippen LogP contribution is 2.08.